The Balaban J connectivity index is 0.00000308. The Kier molecular flexibility index (Phi) is 6.80. The third-order valence-corrected chi connectivity index (χ3v) is 8.69. The van der Waals surface area contributed by atoms with Crippen molar-refractivity contribution in [1.82, 2.24) is 15.0 Å². The van der Waals surface area contributed by atoms with Crippen molar-refractivity contribution >= 4 is 65.0 Å². The van der Waals surface area contributed by atoms with Gasteiger partial charge in [0.2, 0.25) is 0 Å². The fourth-order valence-electron chi connectivity index (χ4n) is 6.20. The van der Waals surface area contributed by atoms with E-state index in [0.717, 1.165) is 62.6 Å². The minimum absolute atomic E-state index is 0. The largest absolute Gasteiger partial charge is 2.00 e. The normalized spacial score (nSPS) is 26.1. The van der Waals surface area contributed by atoms with Gasteiger partial charge in [-0.2, -0.15) is 11.4 Å². The molecule has 0 radical (unpaired) electrons. The van der Waals surface area contributed by atoms with Gasteiger partial charge in [0.25, 0.3) is 0 Å². The van der Waals surface area contributed by atoms with E-state index >= 15 is 0 Å². The first kappa shape index (κ1) is 27.3. The molecule has 6 nitrogen and oxygen atoms in total. The number of carbonyl (C=O) groups is 2. The summed E-state index contributed by atoms with van der Waals surface area (Å²) in [5.74, 6) is 0.0857. The molecule has 0 N–H and O–H groups in total. The second-order valence-corrected chi connectivity index (χ2v) is 10.6. The van der Waals surface area contributed by atoms with E-state index in [-0.39, 0.29) is 46.6 Å². The molecule has 7 heteroatoms. The number of Topliss-reactive ketones (excluding diaryl/α,β-unsaturated/α-hetero) is 1. The molecule has 3 aromatic heterocycles. The molecule has 0 unspecified atom stereocenters. The molecule has 1 aliphatic carbocycles. The summed E-state index contributed by atoms with van der Waals surface area (Å²) in [6.45, 7) is 16.3. The molecule has 39 heavy (non-hydrogen) atoms. The first-order valence-electron chi connectivity index (χ1n) is 13.2. The van der Waals surface area contributed by atoms with Crippen molar-refractivity contribution in [2.75, 3.05) is 0 Å². The molecule has 194 valence electrons. The second kappa shape index (κ2) is 9.72. The van der Waals surface area contributed by atoms with Crippen LogP contribution in [0.1, 0.15) is 93.4 Å². The minimum atomic E-state index is -0.296. The van der Waals surface area contributed by atoms with Gasteiger partial charge in [-0.1, -0.05) is 80.8 Å². The molecule has 0 spiro atoms. The number of allylic oxidation sites excluding steroid dienone is 3. The van der Waals surface area contributed by atoms with E-state index in [1.54, 1.807) is 6.08 Å². The van der Waals surface area contributed by atoms with E-state index in [2.05, 4.69) is 20.4 Å². The number of rotatable bonds is 3. The van der Waals surface area contributed by atoms with Gasteiger partial charge in [0, 0.05) is 17.0 Å². The van der Waals surface area contributed by atoms with Gasteiger partial charge in [0.1, 0.15) is 6.29 Å². The van der Waals surface area contributed by atoms with Crippen molar-refractivity contribution in [3.8, 4) is 0 Å². The molecule has 2 aliphatic heterocycles. The van der Waals surface area contributed by atoms with Crippen LogP contribution in [0.5, 0.6) is 0 Å². The summed E-state index contributed by atoms with van der Waals surface area (Å²) >= 11 is 0. The van der Waals surface area contributed by atoms with Crippen LogP contribution in [0.15, 0.2) is 18.0 Å². The van der Waals surface area contributed by atoms with Crippen molar-refractivity contribution in [2.24, 2.45) is 17.8 Å². The van der Waals surface area contributed by atoms with E-state index in [1.165, 1.54) is 0 Å². The average molecular weight is 527 g/mol. The molecule has 0 saturated carbocycles. The van der Waals surface area contributed by atoms with Crippen LogP contribution in [0.2, 0.25) is 0 Å². The van der Waals surface area contributed by atoms with Crippen molar-refractivity contribution < 1.29 is 9.59 Å². The number of hydrogen-bond donors (Lipinski definition) is 0. The zero-order valence-corrected chi connectivity index (χ0v) is 24.8. The second-order valence-electron chi connectivity index (χ2n) is 10.6. The molecule has 3 atom stereocenters. The van der Waals surface area contributed by atoms with Gasteiger partial charge in [0.15, 0.2) is 5.78 Å². The van der Waals surface area contributed by atoms with E-state index in [0.29, 0.717) is 33.9 Å². The van der Waals surface area contributed by atoms with Crippen LogP contribution in [-0.2, 0) is 6.42 Å². The number of carbonyl (C=O) groups excluding carboxylic acids is 2. The number of ketones is 1. The van der Waals surface area contributed by atoms with Gasteiger partial charge in [-0.05, 0) is 37.7 Å². The molecular weight excluding hydrogens is 497 g/mol. The average Bonchev–Trinajstić information content (AvgIpc) is 3.62. The van der Waals surface area contributed by atoms with Crippen LogP contribution < -0.4 is 25.7 Å². The topological polar surface area (TPSA) is 90.5 Å². The molecule has 6 rings (SSSR count). The van der Waals surface area contributed by atoms with Gasteiger partial charge in [-0.3, -0.25) is 9.59 Å². The number of aldehydes is 1. The van der Waals surface area contributed by atoms with Gasteiger partial charge < -0.3 is 20.3 Å². The molecule has 3 aromatic rings. The zero-order chi connectivity index (χ0) is 27.0. The van der Waals surface area contributed by atoms with Crippen LogP contribution >= 0.6 is 0 Å². The summed E-state index contributed by atoms with van der Waals surface area (Å²) in [7, 11) is 0. The summed E-state index contributed by atoms with van der Waals surface area (Å²) < 4.78 is 0. The van der Waals surface area contributed by atoms with Gasteiger partial charge in [0.05, 0.1) is 0 Å². The first-order chi connectivity index (χ1) is 18.2. The number of aromatic nitrogens is 3. The van der Waals surface area contributed by atoms with Crippen LogP contribution in [0.25, 0.3) is 35.2 Å². The van der Waals surface area contributed by atoms with Gasteiger partial charge in [-0.15, -0.1) is 33.5 Å². The molecular formula is C32H30MgN4O2-2. The summed E-state index contributed by atoms with van der Waals surface area (Å²) in [5, 5.41) is 6.38. The van der Waals surface area contributed by atoms with E-state index in [9.17, 15) is 9.59 Å². The number of nitrogens with zero attached hydrogens (tertiary/aromatic N) is 4. The maximum atomic E-state index is 13.5. The molecule has 1 saturated heterocycles. The molecule has 0 aromatic carbocycles. The van der Waals surface area contributed by atoms with Crippen LogP contribution in [0, 0.1) is 31.6 Å². The van der Waals surface area contributed by atoms with Crippen molar-refractivity contribution in [2.45, 2.75) is 48.0 Å². The Labute approximate surface area is 244 Å². The van der Waals surface area contributed by atoms with Crippen LogP contribution in [0.3, 0.4) is 0 Å². The Morgan fingerprint density at radius 2 is 1.59 bits per heavy atom. The van der Waals surface area contributed by atoms with Crippen LogP contribution in [-0.4, -0.2) is 35.1 Å². The monoisotopic (exact) mass is 526 g/mol. The van der Waals surface area contributed by atoms with E-state index in [4.69, 9.17) is 20.3 Å². The fraction of sp³-hybridized carbons (Fsp3) is 0.312. The maximum Gasteiger partial charge on any atom is 2.00 e. The third-order valence-electron chi connectivity index (χ3n) is 8.69. The van der Waals surface area contributed by atoms with Crippen LogP contribution in [0.4, 0.5) is 0 Å². The predicted molar refractivity (Wildman–Crippen MR) is 156 cm³/mol. The maximum absolute atomic E-state index is 13.5. The summed E-state index contributed by atoms with van der Waals surface area (Å²) in [4.78, 5) is 40.6. The molecule has 8 bridgehead atoms. The molecule has 3 aliphatic rings. The standard InChI is InChI=1S/C32H31N4O2.Mg/c1-8-19-16(5)23-10-22-14(3)15(4)30(35-22)28-18(7)32(38)29-17(6)24(36-31(28)29)11-26-20(9-2)21(13-37)27(34-26)12-25(19)33-23;/h8,10-15,18H,1,9H2,2-7H3,(H-,35,36,37,38);/q-3;+2/p-1/b22-10+,27-12-;/t14-,15-,18+;/m0./s1. The summed E-state index contributed by atoms with van der Waals surface area (Å²) in [6.07, 6.45) is 9.14. The molecule has 5 heterocycles. The Morgan fingerprint density at radius 1 is 0.897 bits per heavy atom. The van der Waals surface area contributed by atoms with E-state index < -0.39 is 0 Å². The minimum Gasteiger partial charge on any atom is -0.664 e. The quantitative estimate of drug-likeness (QED) is 0.380. The first-order valence-corrected chi connectivity index (χ1v) is 13.2. The summed E-state index contributed by atoms with van der Waals surface area (Å²) in [6, 6.07) is 0. The van der Waals surface area contributed by atoms with E-state index in [1.807, 2.05) is 45.9 Å². The predicted octanol–water partition coefficient (Wildman–Crippen LogP) is 4.03. The molecule has 0 amide bonds. The Hall–Kier alpha value is -3.29. The third kappa shape index (κ3) is 3.81. The Bertz CT molecular complexity index is 1760. The number of fused-ring (bicyclic) bond motifs is 7. The van der Waals surface area contributed by atoms with Crippen molar-refractivity contribution in [1.29, 1.82) is 0 Å². The van der Waals surface area contributed by atoms with Crippen molar-refractivity contribution in [3.63, 3.8) is 0 Å². The number of hydrogen-bond acceptors (Lipinski definition) is 2. The fourth-order valence-corrected chi connectivity index (χ4v) is 6.20. The van der Waals surface area contributed by atoms with Gasteiger partial charge >= 0.3 is 23.1 Å². The van der Waals surface area contributed by atoms with Gasteiger partial charge in [-0.25, -0.2) is 0 Å². The zero-order valence-electron chi connectivity index (χ0n) is 23.3. The Morgan fingerprint density at radius 3 is 2.26 bits per heavy atom. The molecule has 1 fully saturated rings. The smallest absolute Gasteiger partial charge is 0.664 e. The SMILES string of the molecule is C=Cc1c2[n-]c(c1C)/C=C1/[N-]/C(=C3\c4[n-]c(c(C)c4C(=O)[C@@H]3C)/C=c3\[n-]/c(c(C=O)c3CC)=C\2)[C@@H](C)[C@@H]1C.[Mg+2]. The summed E-state index contributed by atoms with van der Waals surface area (Å²) in [5.41, 5.74) is 10.7. The van der Waals surface area contributed by atoms with Crippen molar-refractivity contribution in [3.05, 3.63) is 90.1 Å².